The van der Waals surface area contributed by atoms with E-state index in [0.29, 0.717) is 16.1 Å². The highest BCUT2D eigenvalue weighted by Gasteiger charge is 2.22. The van der Waals surface area contributed by atoms with Gasteiger partial charge in [-0.2, -0.15) is 0 Å². The first kappa shape index (κ1) is 9.05. The Morgan fingerprint density at radius 1 is 1.54 bits per heavy atom. The first-order chi connectivity index (χ1) is 6.27. The quantitative estimate of drug-likeness (QED) is 0.755. The van der Waals surface area contributed by atoms with Crippen molar-refractivity contribution in [3.8, 4) is 0 Å². The Labute approximate surface area is 84.8 Å². The molecular formula is C7H8ClN3OS. The topological polar surface area (TPSA) is 61.0 Å². The lowest BCUT2D eigenvalue weighted by atomic mass is 10.4. The third-order valence-electron chi connectivity index (χ3n) is 1.67. The van der Waals surface area contributed by atoms with Gasteiger partial charge in [0.2, 0.25) is 0 Å². The van der Waals surface area contributed by atoms with Crippen LogP contribution in [-0.4, -0.2) is 28.4 Å². The van der Waals surface area contributed by atoms with Crippen molar-refractivity contribution in [3.05, 3.63) is 11.3 Å². The second-order valence-corrected chi connectivity index (χ2v) is 4.32. The van der Waals surface area contributed by atoms with Crippen LogP contribution < -0.4 is 5.73 Å². The lowest BCUT2D eigenvalue weighted by Gasteiger charge is -2.24. The Balaban J connectivity index is 2.14. The van der Waals surface area contributed by atoms with Gasteiger partial charge in [0.1, 0.15) is 22.2 Å². The van der Waals surface area contributed by atoms with E-state index >= 15 is 0 Å². The minimum atomic E-state index is 0.333. The van der Waals surface area contributed by atoms with Crippen molar-refractivity contribution in [1.82, 2.24) is 9.97 Å². The Hall–Kier alpha value is -0.520. The molecule has 0 aromatic carbocycles. The predicted molar refractivity (Wildman–Crippen MR) is 51.9 cm³/mol. The van der Waals surface area contributed by atoms with Crippen LogP contribution >= 0.6 is 23.4 Å². The first-order valence-electron chi connectivity index (χ1n) is 3.77. The molecule has 1 saturated heterocycles. The van der Waals surface area contributed by atoms with Crippen molar-refractivity contribution in [3.63, 3.8) is 0 Å². The maximum atomic E-state index is 5.91. The van der Waals surface area contributed by atoms with Gasteiger partial charge in [-0.1, -0.05) is 23.4 Å². The lowest BCUT2D eigenvalue weighted by molar-refractivity contribution is 0.0454. The number of aromatic nitrogens is 2. The number of ether oxygens (including phenoxy) is 1. The number of hydrogen-bond acceptors (Lipinski definition) is 5. The van der Waals surface area contributed by atoms with Crippen LogP contribution in [0.5, 0.6) is 0 Å². The maximum absolute atomic E-state index is 5.91. The summed E-state index contributed by atoms with van der Waals surface area (Å²) in [7, 11) is 0. The molecule has 0 unspecified atom stereocenters. The molecule has 1 fully saturated rings. The van der Waals surface area contributed by atoms with Crippen LogP contribution in [0.1, 0.15) is 0 Å². The zero-order chi connectivity index (χ0) is 9.26. The van der Waals surface area contributed by atoms with Crippen LogP contribution in [0.25, 0.3) is 0 Å². The number of halogens is 1. The highest BCUT2D eigenvalue weighted by molar-refractivity contribution is 8.00. The molecule has 0 saturated carbocycles. The number of thioether (sulfide) groups is 1. The zero-order valence-corrected chi connectivity index (χ0v) is 8.31. The van der Waals surface area contributed by atoms with E-state index in [1.165, 1.54) is 6.33 Å². The third-order valence-corrected chi connectivity index (χ3v) is 3.29. The number of nitrogen functional groups attached to an aromatic ring is 1. The van der Waals surface area contributed by atoms with Crippen LogP contribution in [0.15, 0.2) is 11.4 Å². The maximum Gasteiger partial charge on any atom is 0.146 e. The van der Waals surface area contributed by atoms with E-state index in [1.54, 1.807) is 11.8 Å². The van der Waals surface area contributed by atoms with Gasteiger partial charge in [-0.25, -0.2) is 9.97 Å². The SMILES string of the molecule is Nc1ncnc(SC2COC2)c1Cl. The van der Waals surface area contributed by atoms with Gasteiger partial charge in [0.25, 0.3) is 0 Å². The second kappa shape index (κ2) is 3.69. The van der Waals surface area contributed by atoms with Gasteiger partial charge in [0.05, 0.1) is 18.5 Å². The standard InChI is InChI=1S/C7H8ClN3OS/c8-5-6(9)10-3-11-7(5)13-4-1-12-2-4/h3-4H,1-2H2,(H2,9,10,11). The normalized spacial score (nSPS) is 17.0. The molecule has 0 amide bonds. The highest BCUT2D eigenvalue weighted by atomic mass is 35.5. The van der Waals surface area contributed by atoms with Gasteiger partial charge < -0.3 is 10.5 Å². The van der Waals surface area contributed by atoms with E-state index in [2.05, 4.69) is 9.97 Å². The summed E-state index contributed by atoms with van der Waals surface area (Å²) < 4.78 is 5.04. The van der Waals surface area contributed by atoms with Crippen LogP contribution in [0.2, 0.25) is 5.02 Å². The van der Waals surface area contributed by atoms with Crippen molar-refractivity contribution in [2.24, 2.45) is 0 Å². The monoisotopic (exact) mass is 217 g/mol. The fraction of sp³-hybridized carbons (Fsp3) is 0.429. The van der Waals surface area contributed by atoms with Crippen molar-refractivity contribution in [2.75, 3.05) is 18.9 Å². The molecule has 1 aromatic heterocycles. The van der Waals surface area contributed by atoms with E-state index in [0.717, 1.165) is 18.2 Å². The van der Waals surface area contributed by atoms with Gasteiger partial charge in [-0.05, 0) is 0 Å². The molecule has 0 bridgehead atoms. The predicted octanol–water partition coefficient (Wildman–Crippen LogP) is 1.20. The summed E-state index contributed by atoms with van der Waals surface area (Å²) in [5.41, 5.74) is 5.53. The average molecular weight is 218 g/mol. The van der Waals surface area contributed by atoms with Gasteiger partial charge >= 0.3 is 0 Å². The Morgan fingerprint density at radius 2 is 2.31 bits per heavy atom. The molecule has 4 nitrogen and oxygen atoms in total. The minimum Gasteiger partial charge on any atom is -0.382 e. The fourth-order valence-corrected chi connectivity index (χ4v) is 2.08. The number of nitrogens with zero attached hydrogens (tertiary/aromatic N) is 2. The fourth-order valence-electron chi connectivity index (χ4n) is 0.889. The molecule has 70 valence electrons. The van der Waals surface area contributed by atoms with Gasteiger partial charge in [-0.15, -0.1) is 0 Å². The molecule has 2 N–H and O–H groups in total. The van der Waals surface area contributed by atoms with Crippen molar-refractivity contribution in [1.29, 1.82) is 0 Å². The van der Waals surface area contributed by atoms with Gasteiger partial charge in [0, 0.05) is 0 Å². The summed E-state index contributed by atoms with van der Waals surface area (Å²) in [6.07, 6.45) is 1.42. The van der Waals surface area contributed by atoms with Gasteiger partial charge in [-0.3, -0.25) is 0 Å². The minimum absolute atomic E-state index is 0.333. The number of hydrogen-bond donors (Lipinski definition) is 1. The van der Waals surface area contributed by atoms with E-state index in [1.807, 2.05) is 0 Å². The van der Waals surface area contributed by atoms with Gasteiger partial charge in [0.15, 0.2) is 0 Å². The molecular weight excluding hydrogens is 210 g/mol. The molecule has 13 heavy (non-hydrogen) atoms. The molecule has 1 aromatic rings. The average Bonchev–Trinajstić information content (AvgIpc) is 2.04. The van der Waals surface area contributed by atoms with E-state index in [9.17, 15) is 0 Å². The van der Waals surface area contributed by atoms with E-state index in [-0.39, 0.29) is 0 Å². The number of anilines is 1. The van der Waals surface area contributed by atoms with Crippen molar-refractivity contribution >= 4 is 29.2 Å². The van der Waals surface area contributed by atoms with Crippen LogP contribution in [0.4, 0.5) is 5.82 Å². The van der Waals surface area contributed by atoms with E-state index in [4.69, 9.17) is 22.1 Å². The Morgan fingerprint density at radius 3 is 2.92 bits per heavy atom. The summed E-state index contributed by atoms with van der Waals surface area (Å²) in [6, 6.07) is 0. The zero-order valence-electron chi connectivity index (χ0n) is 6.74. The molecule has 2 heterocycles. The molecule has 0 atom stereocenters. The summed E-state index contributed by atoms with van der Waals surface area (Å²) in [5.74, 6) is 0.333. The highest BCUT2D eigenvalue weighted by Crippen LogP contribution is 2.33. The molecule has 0 radical (unpaired) electrons. The molecule has 1 aliphatic heterocycles. The summed E-state index contributed by atoms with van der Waals surface area (Å²) >= 11 is 7.49. The smallest absolute Gasteiger partial charge is 0.146 e. The lowest BCUT2D eigenvalue weighted by Crippen LogP contribution is -2.30. The molecule has 2 rings (SSSR count). The summed E-state index contributed by atoms with van der Waals surface area (Å²) in [5, 5.41) is 1.63. The molecule has 6 heteroatoms. The van der Waals surface area contributed by atoms with Crippen LogP contribution in [0.3, 0.4) is 0 Å². The van der Waals surface area contributed by atoms with Crippen LogP contribution in [0, 0.1) is 0 Å². The molecule has 0 spiro atoms. The second-order valence-electron chi connectivity index (χ2n) is 2.66. The van der Waals surface area contributed by atoms with Crippen molar-refractivity contribution in [2.45, 2.75) is 10.3 Å². The molecule has 0 aliphatic carbocycles. The Kier molecular flexibility index (Phi) is 2.57. The molecule has 1 aliphatic rings. The largest absolute Gasteiger partial charge is 0.382 e. The Bertz CT molecular complexity index is 319. The summed E-state index contributed by atoms with van der Waals surface area (Å²) in [4.78, 5) is 7.83. The van der Waals surface area contributed by atoms with Crippen molar-refractivity contribution < 1.29 is 4.74 Å². The summed E-state index contributed by atoms with van der Waals surface area (Å²) in [6.45, 7) is 1.51. The third kappa shape index (κ3) is 1.87. The first-order valence-corrected chi connectivity index (χ1v) is 5.03. The number of rotatable bonds is 2. The van der Waals surface area contributed by atoms with E-state index < -0.39 is 0 Å². The van der Waals surface area contributed by atoms with Crippen LogP contribution in [-0.2, 0) is 4.74 Å². The number of nitrogens with two attached hydrogens (primary N) is 1.